The Morgan fingerprint density at radius 1 is 1.26 bits per heavy atom. The Hall–Kier alpha value is -3.15. The van der Waals surface area contributed by atoms with Crippen LogP contribution in [0, 0.1) is 0 Å². The second kappa shape index (κ2) is 7.61. The van der Waals surface area contributed by atoms with Gasteiger partial charge in [0.25, 0.3) is 5.91 Å². The van der Waals surface area contributed by atoms with Gasteiger partial charge in [0.1, 0.15) is 5.75 Å². The molecule has 0 spiro atoms. The van der Waals surface area contributed by atoms with E-state index < -0.39 is 0 Å². The van der Waals surface area contributed by atoms with Gasteiger partial charge in [0, 0.05) is 16.7 Å². The number of hydrogen-bond donors (Lipinski definition) is 2. The molecule has 3 aromatic rings. The Kier molecular flexibility index (Phi) is 5.26. The van der Waals surface area contributed by atoms with Crippen LogP contribution in [0.1, 0.15) is 49.4 Å². The fourth-order valence-electron chi connectivity index (χ4n) is 2.73. The van der Waals surface area contributed by atoms with Crippen LogP contribution in [0.3, 0.4) is 0 Å². The number of aromatic amines is 1. The van der Waals surface area contributed by atoms with E-state index >= 15 is 0 Å². The molecule has 1 heterocycles. The quantitative estimate of drug-likeness (QED) is 0.530. The molecule has 1 aromatic heterocycles. The van der Waals surface area contributed by atoms with Crippen LogP contribution in [0.2, 0.25) is 0 Å². The van der Waals surface area contributed by atoms with Crippen molar-refractivity contribution in [3.8, 4) is 5.75 Å². The molecule has 6 nitrogen and oxygen atoms in total. The summed E-state index contributed by atoms with van der Waals surface area (Å²) in [5.41, 5.74) is 4.46. The lowest BCUT2D eigenvalue weighted by molar-refractivity contribution is 0.0950. The summed E-state index contributed by atoms with van der Waals surface area (Å²) in [4.78, 5) is 12.3. The molecular weight excluding hydrogens is 340 g/mol. The molecule has 0 unspecified atom stereocenters. The number of H-pyrrole nitrogens is 1. The summed E-state index contributed by atoms with van der Waals surface area (Å²) in [6.45, 7) is 8.64. The van der Waals surface area contributed by atoms with E-state index in [1.165, 1.54) is 0 Å². The van der Waals surface area contributed by atoms with Crippen molar-refractivity contribution >= 4 is 22.9 Å². The topological polar surface area (TPSA) is 79.4 Å². The first-order chi connectivity index (χ1) is 12.9. The van der Waals surface area contributed by atoms with Gasteiger partial charge in [-0.25, -0.2) is 5.43 Å². The zero-order valence-corrected chi connectivity index (χ0v) is 16.0. The minimum absolute atomic E-state index is 0.107. The fraction of sp³-hybridized carbons (Fsp3) is 0.286. The van der Waals surface area contributed by atoms with E-state index in [4.69, 9.17) is 4.74 Å². The molecule has 0 radical (unpaired) electrons. The minimum atomic E-state index is -0.365. The van der Waals surface area contributed by atoms with Crippen LogP contribution in [0.4, 0.5) is 0 Å². The van der Waals surface area contributed by atoms with Gasteiger partial charge in [-0.2, -0.15) is 10.2 Å². The van der Waals surface area contributed by atoms with E-state index in [1.807, 2.05) is 43.3 Å². The van der Waals surface area contributed by atoms with E-state index in [0.717, 1.165) is 27.8 Å². The van der Waals surface area contributed by atoms with Crippen molar-refractivity contribution in [3.63, 3.8) is 0 Å². The van der Waals surface area contributed by atoms with E-state index in [-0.39, 0.29) is 11.3 Å². The van der Waals surface area contributed by atoms with Gasteiger partial charge < -0.3 is 4.74 Å². The number of hydrogen-bond acceptors (Lipinski definition) is 4. The van der Waals surface area contributed by atoms with Crippen molar-refractivity contribution < 1.29 is 9.53 Å². The highest BCUT2D eigenvalue weighted by molar-refractivity contribution is 6.03. The number of nitrogens with one attached hydrogen (secondary N) is 2. The predicted molar refractivity (Wildman–Crippen MR) is 107 cm³/mol. The molecular formula is C21H24N4O2. The number of amides is 1. The Labute approximate surface area is 158 Å². The SMILES string of the molecule is CCOc1ccc2ccccc2c1C=NNC(=O)c1cc(C(C)(C)C)[nH]n1. The first kappa shape index (κ1) is 18.6. The summed E-state index contributed by atoms with van der Waals surface area (Å²) in [6, 6.07) is 13.6. The van der Waals surface area contributed by atoms with Crippen LogP contribution < -0.4 is 10.2 Å². The average molecular weight is 364 g/mol. The molecule has 6 heteroatoms. The van der Waals surface area contributed by atoms with Crippen molar-refractivity contribution in [1.82, 2.24) is 15.6 Å². The van der Waals surface area contributed by atoms with E-state index in [0.29, 0.717) is 12.3 Å². The minimum Gasteiger partial charge on any atom is -0.493 e. The van der Waals surface area contributed by atoms with Crippen LogP contribution in [-0.4, -0.2) is 28.9 Å². The standard InChI is InChI=1S/C21H24N4O2/c1-5-27-18-11-10-14-8-6-7-9-15(14)16(18)13-22-25-20(26)17-12-19(24-23-17)21(2,3)4/h6-13H,5H2,1-4H3,(H,23,24)(H,25,26). The van der Waals surface area contributed by atoms with Gasteiger partial charge in [0.2, 0.25) is 0 Å². The van der Waals surface area contributed by atoms with E-state index in [1.54, 1.807) is 12.3 Å². The van der Waals surface area contributed by atoms with E-state index in [2.05, 4.69) is 41.5 Å². The number of rotatable bonds is 5. The van der Waals surface area contributed by atoms with Gasteiger partial charge in [-0.05, 0) is 29.8 Å². The van der Waals surface area contributed by atoms with Crippen LogP contribution in [0.15, 0.2) is 47.6 Å². The summed E-state index contributed by atoms with van der Waals surface area (Å²) in [5, 5.41) is 13.2. The van der Waals surface area contributed by atoms with Gasteiger partial charge in [0.15, 0.2) is 5.69 Å². The molecule has 0 aliphatic rings. The Bertz CT molecular complexity index is 983. The monoisotopic (exact) mass is 364 g/mol. The van der Waals surface area contributed by atoms with Gasteiger partial charge >= 0.3 is 0 Å². The lowest BCUT2D eigenvalue weighted by Gasteiger charge is -2.14. The molecule has 2 N–H and O–H groups in total. The second-order valence-corrected chi connectivity index (χ2v) is 7.25. The molecule has 0 saturated heterocycles. The number of carbonyl (C=O) groups is 1. The number of hydrazone groups is 1. The molecule has 0 bridgehead atoms. The third kappa shape index (κ3) is 4.16. The zero-order chi connectivity index (χ0) is 19.4. The summed E-state index contributed by atoms with van der Waals surface area (Å²) in [5.74, 6) is 0.361. The van der Waals surface area contributed by atoms with Gasteiger partial charge in [-0.15, -0.1) is 0 Å². The van der Waals surface area contributed by atoms with Crippen LogP contribution >= 0.6 is 0 Å². The summed E-state index contributed by atoms with van der Waals surface area (Å²) < 4.78 is 5.71. The average Bonchev–Trinajstić information content (AvgIpc) is 3.14. The molecule has 2 aromatic carbocycles. The zero-order valence-electron chi connectivity index (χ0n) is 16.0. The van der Waals surface area contributed by atoms with Crippen molar-refractivity contribution in [3.05, 3.63) is 59.4 Å². The molecule has 27 heavy (non-hydrogen) atoms. The number of benzene rings is 2. The summed E-state index contributed by atoms with van der Waals surface area (Å²) >= 11 is 0. The number of aromatic nitrogens is 2. The normalized spacial score (nSPS) is 11.9. The van der Waals surface area contributed by atoms with Crippen molar-refractivity contribution in [2.45, 2.75) is 33.1 Å². The maximum absolute atomic E-state index is 12.3. The van der Waals surface area contributed by atoms with Gasteiger partial charge in [-0.3, -0.25) is 9.89 Å². The van der Waals surface area contributed by atoms with Crippen molar-refractivity contribution in [2.24, 2.45) is 5.10 Å². The van der Waals surface area contributed by atoms with Crippen LogP contribution in [-0.2, 0) is 5.41 Å². The third-order valence-corrected chi connectivity index (χ3v) is 4.21. The Balaban J connectivity index is 1.82. The lowest BCUT2D eigenvalue weighted by atomic mass is 9.92. The highest BCUT2D eigenvalue weighted by atomic mass is 16.5. The number of nitrogens with zero attached hydrogens (tertiary/aromatic N) is 2. The molecule has 140 valence electrons. The molecule has 3 rings (SSSR count). The van der Waals surface area contributed by atoms with Crippen LogP contribution in [0.5, 0.6) is 5.75 Å². The summed E-state index contributed by atoms with van der Waals surface area (Å²) in [7, 11) is 0. The number of carbonyl (C=O) groups excluding carboxylic acids is 1. The molecule has 0 atom stereocenters. The molecule has 1 amide bonds. The Morgan fingerprint density at radius 2 is 2.04 bits per heavy atom. The predicted octanol–water partition coefficient (Wildman–Crippen LogP) is 4.02. The van der Waals surface area contributed by atoms with Gasteiger partial charge in [-0.1, -0.05) is 51.1 Å². The van der Waals surface area contributed by atoms with Crippen molar-refractivity contribution in [2.75, 3.05) is 6.61 Å². The second-order valence-electron chi connectivity index (χ2n) is 7.25. The maximum atomic E-state index is 12.3. The molecule has 0 fully saturated rings. The first-order valence-electron chi connectivity index (χ1n) is 8.94. The smallest absolute Gasteiger partial charge is 0.291 e. The lowest BCUT2D eigenvalue weighted by Crippen LogP contribution is -2.18. The maximum Gasteiger partial charge on any atom is 0.291 e. The highest BCUT2D eigenvalue weighted by Crippen LogP contribution is 2.26. The highest BCUT2D eigenvalue weighted by Gasteiger charge is 2.19. The van der Waals surface area contributed by atoms with Crippen molar-refractivity contribution in [1.29, 1.82) is 0 Å². The third-order valence-electron chi connectivity index (χ3n) is 4.21. The number of fused-ring (bicyclic) bond motifs is 1. The largest absolute Gasteiger partial charge is 0.493 e. The number of ether oxygens (including phenoxy) is 1. The van der Waals surface area contributed by atoms with E-state index in [9.17, 15) is 4.79 Å². The molecule has 0 aliphatic carbocycles. The molecule has 0 aliphatic heterocycles. The van der Waals surface area contributed by atoms with Crippen LogP contribution in [0.25, 0.3) is 10.8 Å². The Morgan fingerprint density at radius 3 is 2.74 bits per heavy atom. The molecule has 0 saturated carbocycles. The fourth-order valence-corrected chi connectivity index (χ4v) is 2.73. The first-order valence-corrected chi connectivity index (χ1v) is 8.94. The summed E-state index contributed by atoms with van der Waals surface area (Å²) in [6.07, 6.45) is 1.61. The van der Waals surface area contributed by atoms with Gasteiger partial charge in [0.05, 0.1) is 12.8 Å².